The summed E-state index contributed by atoms with van der Waals surface area (Å²) in [6, 6.07) is 4.11. The molecular formula is C17H25N3O4S. The Labute approximate surface area is 148 Å². The van der Waals surface area contributed by atoms with Gasteiger partial charge in [-0.15, -0.1) is 0 Å². The molecule has 2 N–H and O–H groups in total. The van der Waals surface area contributed by atoms with E-state index in [1.807, 2.05) is 13.8 Å². The number of benzene rings is 1. The molecule has 0 fully saturated rings. The van der Waals surface area contributed by atoms with Crippen LogP contribution >= 0.6 is 0 Å². The van der Waals surface area contributed by atoms with Gasteiger partial charge in [0.25, 0.3) is 5.91 Å². The molecule has 1 aliphatic rings. The van der Waals surface area contributed by atoms with Crippen LogP contribution in [-0.4, -0.2) is 45.1 Å². The topological polar surface area (TPSA) is 95.6 Å². The third kappa shape index (κ3) is 4.31. The third-order valence-corrected chi connectivity index (χ3v) is 5.41. The first-order valence-electron chi connectivity index (χ1n) is 8.36. The van der Waals surface area contributed by atoms with Gasteiger partial charge in [-0.3, -0.25) is 13.9 Å². The van der Waals surface area contributed by atoms with Gasteiger partial charge in [-0.05, 0) is 50.5 Å². The van der Waals surface area contributed by atoms with E-state index in [9.17, 15) is 18.0 Å². The third-order valence-electron chi connectivity index (χ3n) is 4.14. The minimum atomic E-state index is -3.36. The van der Waals surface area contributed by atoms with E-state index in [1.165, 1.54) is 10.6 Å². The molecule has 1 aromatic rings. The lowest BCUT2D eigenvalue weighted by Gasteiger charge is -2.22. The average Bonchev–Trinajstić information content (AvgIpc) is 2.86. The first kappa shape index (κ1) is 19.2. The van der Waals surface area contributed by atoms with Crippen molar-refractivity contribution < 1.29 is 18.0 Å². The molecule has 0 saturated carbocycles. The largest absolute Gasteiger partial charge is 0.354 e. The molecule has 2 amide bonds. The van der Waals surface area contributed by atoms with Gasteiger partial charge in [0, 0.05) is 18.2 Å². The fourth-order valence-corrected chi connectivity index (χ4v) is 4.26. The van der Waals surface area contributed by atoms with Crippen molar-refractivity contribution in [1.82, 2.24) is 10.6 Å². The summed E-state index contributed by atoms with van der Waals surface area (Å²) >= 11 is 0. The highest BCUT2D eigenvalue weighted by molar-refractivity contribution is 7.92. The predicted octanol–water partition coefficient (Wildman–Crippen LogP) is 1.04. The molecule has 2 atom stereocenters. The maximum absolute atomic E-state index is 12.4. The molecule has 138 valence electrons. The van der Waals surface area contributed by atoms with E-state index in [1.54, 1.807) is 25.1 Å². The van der Waals surface area contributed by atoms with Gasteiger partial charge in [0.2, 0.25) is 15.9 Å². The molecule has 0 bridgehead atoms. The number of nitrogens with zero attached hydrogens (tertiary/aromatic N) is 1. The number of fused-ring (bicyclic) bond motifs is 1. The van der Waals surface area contributed by atoms with E-state index < -0.39 is 16.1 Å². The monoisotopic (exact) mass is 367 g/mol. The first-order valence-corrected chi connectivity index (χ1v) is 10.2. The molecule has 25 heavy (non-hydrogen) atoms. The van der Waals surface area contributed by atoms with Crippen molar-refractivity contribution in [3.63, 3.8) is 0 Å². The Morgan fingerprint density at radius 3 is 2.64 bits per heavy atom. The zero-order chi connectivity index (χ0) is 18.8. The van der Waals surface area contributed by atoms with Gasteiger partial charge in [0.1, 0.15) is 6.04 Å². The van der Waals surface area contributed by atoms with E-state index in [0.717, 1.165) is 12.0 Å². The zero-order valence-electron chi connectivity index (χ0n) is 15.0. The highest BCUT2D eigenvalue weighted by atomic mass is 32.2. The van der Waals surface area contributed by atoms with Crippen LogP contribution in [0.2, 0.25) is 0 Å². The molecule has 2 rings (SSSR count). The molecule has 7 nitrogen and oxygen atoms in total. The fourth-order valence-electron chi connectivity index (χ4n) is 3.00. The van der Waals surface area contributed by atoms with Crippen molar-refractivity contribution in [2.75, 3.05) is 17.1 Å². The summed E-state index contributed by atoms with van der Waals surface area (Å²) in [4.78, 5) is 24.2. The van der Waals surface area contributed by atoms with Crippen LogP contribution in [0.5, 0.6) is 0 Å². The van der Waals surface area contributed by atoms with Crippen LogP contribution in [0.25, 0.3) is 0 Å². The minimum Gasteiger partial charge on any atom is -0.354 e. The van der Waals surface area contributed by atoms with Crippen molar-refractivity contribution in [2.45, 2.75) is 45.7 Å². The van der Waals surface area contributed by atoms with E-state index >= 15 is 0 Å². The quantitative estimate of drug-likeness (QED) is 0.785. The van der Waals surface area contributed by atoms with Crippen LogP contribution in [0.15, 0.2) is 18.2 Å². The van der Waals surface area contributed by atoms with E-state index in [2.05, 4.69) is 10.6 Å². The Morgan fingerprint density at radius 1 is 1.36 bits per heavy atom. The number of hydrogen-bond donors (Lipinski definition) is 2. The van der Waals surface area contributed by atoms with Crippen molar-refractivity contribution in [2.24, 2.45) is 0 Å². The highest BCUT2D eigenvalue weighted by Crippen LogP contribution is 2.34. The molecule has 0 unspecified atom stereocenters. The standard InChI is InChI=1S/C17H25N3O4S/c1-5-8-18-16(21)12(3)19-17(22)13-6-7-15-14(10-13)9-11(2)20(15)25(4,23)24/h6-7,10-12H,5,8-9H2,1-4H3,(H,18,21)(H,19,22)/t11-,12+/m1/s1. The molecule has 1 heterocycles. The summed E-state index contributed by atoms with van der Waals surface area (Å²) in [6.45, 7) is 5.98. The van der Waals surface area contributed by atoms with Crippen molar-refractivity contribution in [3.05, 3.63) is 29.3 Å². The summed E-state index contributed by atoms with van der Waals surface area (Å²) in [6.07, 6.45) is 2.55. The zero-order valence-corrected chi connectivity index (χ0v) is 15.8. The first-order chi connectivity index (χ1) is 11.6. The number of nitrogens with one attached hydrogen (secondary N) is 2. The van der Waals surface area contributed by atoms with Gasteiger partial charge < -0.3 is 10.6 Å². The van der Waals surface area contributed by atoms with Gasteiger partial charge in [0.05, 0.1) is 11.9 Å². The molecule has 0 aliphatic carbocycles. The van der Waals surface area contributed by atoms with E-state index in [-0.39, 0.29) is 17.9 Å². The lowest BCUT2D eigenvalue weighted by molar-refractivity contribution is -0.122. The summed E-state index contributed by atoms with van der Waals surface area (Å²) < 4.78 is 25.2. The van der Waals surface area contributed by atoms with Crippen LogP contribution in [0.4, 0.5) is 5.69 Å². The van der Waals surface area contributed by atoms with Gasteiger partial charge >= 0.3 is 0 Å². The second-order valence-corrected chi connectivity index (χ2v) is 8.30. The molecule has 0 saturated heterocycles. The van der Waals surface area contributed by atoms with Gasteiger partial charge in [0.15, 0.2) is 0 Å². The average molecular weight is 367 g/mol. The molecule has 1 aliphatic heterocycles. The van der Waals surface area contributed by atoms with Crippen LogP contribution in [0.3, 0.4) is 0 Å². The van der Waals surface area contributed by atoms with Crippen molar-refractivity contribution in [3.8, 4) is 0 Å². The predicted molar refractivity (Wildman–Crippen MR) is 97.2 cm³/mol. The van der Waals surface area contributed by atoms with Gasteiger partial charge in [-0.1, -0.05) is 6.92 Å². The van der Waals surface area contributed by atoms with E-state index in [0.29, 0.717) is 24.2 Å². The van der Waals surface area contributed by atoms with Gasteiger partial charge in [-0.25, -0.2) is 8.42 Å². The maximum Gasteiger partial charge on any atom is 0.251 e. The SMILES string of the molecule is CCCNC(=O)[C@H](C)NC(=O)c1ccc2c(c1)C[C@@H](C)N2S(C)(=O)=O. The normalized spacial score (nSPS) is 17.8. The van der Waals surface area contributed by atoms with Crippen LogP contribution in [-0.2, 0) is 21.2 Å². The van der Waals surface area contributed by atoms with E-state index in [4.69, 9.17) is 0 Å². The summed E-state index contributed by atoms with van der Waals surface area (Å²) in [7, 11) is -3.36. The maximum atomic E-state index is 12.4. The molecular weight excluding hydrogens is 342 g/mol. The van der Waals surface area contributed by atoms with Crippen LogP contribution in [0, 0.1) is 0 Å². The Bertz CT molecular complexity index is 776. The lowest BCUT2D eigenvalue weighted by Crippen LogP contribution is -2.45. The van der Waals surface area contributed by atoms with Crippen molar-refractivity contribution >= 4 is 27.5 Å². The molecule has 0 aromatic heterocycles. The number of amides is 2. The second kappa shape index (κ2) is 7.43. The Kier molecular flexibility index (Phi) is 5.72. The number of carbonyl (C=O) groups is 2. The smallest absolute Gasteiger partial charge is 0.251 e. The number of carbonyl (C=O) groups excluding carboxylic acids is 2. The van der Waals surface area contributed by atoms with Crippen molar-refractivity contribution in [1.29, 1.82) is 0 Å². The molecule has 0 radical (unpaired) electrons. The Morgan fingerprint density at radius 2 is 2.04 bits per heavy atom. The summed E-state index contributed by atoms with van der Waals surface area (Å²) in [5, 5.41) is 5.40. The number of anilines is 1. The Balaban J connectivity index is 2.14. The minimum absolute atomic E-state index is 0.179. The number of rotatable bonds is 6. The van der Waals surface area contributed by atoms with Crippen LogP contribution in [0.1, 0.15) is 43.1 Å². The number of sulfonamides is 1. The molecule has 8 heteroatoms. The molecule has 1 aromatic carbocycles. The van der Waals surface area contributed by atoms with Gasteiger partial charge in [-0.2, -0.15) is 0 Å². The molecule has 0 spiro atoms. The van der Waals surface area contributed by atoms with Crippen LogP contribution < -0.4 is 14.9 Å². The summed E-state index contributed by atoms with van der Waals surface area (Å²) in [5.74, 6) is -0.583. The number of hydrogen-bond acceptors (Lipinski definition) is 4. The summed E-state index contributed by atoms with van der Waals surface area (Å²) in [5.41, 5.74) is 1.84. The Hall–Kier alpha value is -2.09. The highest BCUT2D eigenvalue weighted by Gasteiger charge is 2.32. The fraction of sp³-hybridized carbons (Fsp3) is 0.529. The lowest BCUT2D eigenvalue weighted by atomic mass is 10.1. The second-order valence-electron chi connectivity index (χ2n) is 6.44.